The highest BCUT2D eigenvalue weighted by Crippen LogP contribution is 2.32. The third-order valence-electron chi connectivity index (χ3n) is 6.35. The molecule has 4 aromatic rings. The zero-order chi connectivity index (χ0) is 24.6. The number of alkyl halides is 3. The van der Waals surface area contributed by atoms with Crippen molar-refractivity contribution in [3.63, 3.8) is 0 Å². The molecule has 0 bridgehead atoms. The van der Waals surface area contributed by atoms with Crippen LogP contribution in [0.4, 0.5) is 13.2 Å². The Labute approximate surface area is 200 Å². The SMILES string of the molecule is Cn1ncc2c(C(=O)N3CCN(Cc4ccccc4)CC3)cc(-c3ccc(C(F)(F)F)cc3)nc21. The van der Waals surface area contributed by atoms with Gasteiger partial charge in [-0.25, -0.2) is 4.98 Å². The molecule has 0 spiro atoms. The number of carbonyl (C=O) groups excluding carboxylic acids is 1. The molecule has 6 nitrogen and oxygen atoms in total. The molecule has 0 atom stereocenters. The fourth-order valence-corrected chi connectivity index (χ4v) is 4.39. The quantitative estimate of drug-likeness (QED) is 0.429. The van der Waals surface area contributed by atoms with E-state index in [1.807, 2.05) is 23.1 Å². The Morgan fingerprint density at radius 1 is 0.971 bits per heavy atom. The molecule has 9 heteroatoms. The van der Waals surface area contributed by atoms with Crippen LogP contribution in [0.15, 0.2) is 66.9 Å². The predicted octanol–water partition coefficient (Wildman–Crippen LogP) is 4.61. The summed E-state index contributed by atoms with van der Waals surface area (Å²) in [6.45, 7) is 3.53. The minimum absolute atomic E-state index is 0.127. The van der Waals surface area contributed by atoms with E-state index in [4.69, 9.17) is 0 Å². The normalized spacial score (nSPS) is 15.0. The Balaban J connectivity index is 1.39. The summed E-state index contributed by atoms with van der Waals surface area (Å²) in [6, 6.07) is 16.7. The molecule has 1 amide bonds. The highest BCUT2D eigenvalue weighted by molar-refractivity contribution is 6.06. The van der Waals surface area contributed by atoms with Crippen LogP contribution in [0.2, 0.25) is 0 Å². The largest absolute Gasteiger partial charge is 0.416 e. The van der Waals surface area contributed by atoms with Crippen LogP contribution in [0.25, 0.3) is 22.3 Å². The summed E-state index contributed by atoms with van der Waals surface area (Å²) >= 11 is 0. The minimum Gasteiger partial charge on any atom is -0.336 e. The predicted molar refractivity (Wildman–Crippen MR) is 127 cm³/mol. The topological polar surface area (TPSA) is 54.3 Å². The lowest BCUT2D eigenvalue weighted by molar-refractivity contribution is -0.137. The van der Waals surface area contributed by atoms with Crippen LogP contribution in [0.1, 0.15) is 21.5 Å². The lowest BCUT2D eigenvalue weighted by Gasteiger charge is -2.35. The van der Waals surface area contributed by atoms with Gasteiger partial charge in [-0.05, 0) is 23.8 Å². The summed E-state index contributed by atoms with van der Waals surface area (Å²) in [5.41, 5.74) is 2.40. The van der Waals surface area contributed by atoms with E-state index in [1.165, 1.54) is 17.7 Å². The number of hydrogen-bond acceptors (Lipinski definition) is 4. The van der Waals surface area contributed by atoms with E-state index < -0.39 is 11.7 Å². The molecular weight excluding hydrogens is 455 g/mol. The van der Waals surface area contributed by atoms with Crippen LogP contribution in [0.3, 0.4) is 0 Å². The number of benzene rings is 2. The molecule has 0 saturated carbocycles. The van der Waals surface area contributed by atoms with E-state index in [1.54, 1.807) is 24.0 Å². The van der Waals surface area contributed by atoms with Gasteiger partial charge < -0.3 is 4.90 Å². The average molecular weight is 480 g/mol. The first-order chi connectivity index (χ1) is 16.8. The summed E-state index contributed by atoms with van der Waals surface area (Å²) in [6.07, 6.45) is -2.81. The lowest BCUT2D eigenvalue weighted by Crippen LogP contribution is -2.48. The van der Waals surface area contributed by atoms with Gasteiger partial charge in [-0.2, -0.15) is 18.3 Å². The van der Waals surface area contributed by atoms with Crippen LogP contribution in [0, 0.1) is 0 Å². The van der Waals surface area contributed by atoms with Crippen LogP contribution in [-0.4, -0.2) is 56.7 Å². The first kappa shape index (κ1) is 23.0. The molecule has 0 aliphatic carbocycles. The van der Waals surface area contributed by atoms with Gasteiger partial charge in [-0.1, -0.05) is 42.5 Å². The maximum absolute atomic E-state index is 13.6. The van der Waals surface area contributed by atoms with Gasteiger partial charge in [0.15, 0.2) is 5.65 Å². The van der Waals surface area contributed by atoms with Crippen molar-refractivity contribution in [2.45, 2.75) is 12.7 Å². The van der Waals surface area contributed by atoms with Crippen molar-refractivity contribution in [3.05, 3.63) is 83.6 Å². The van der Waals surface area contributed by atoms with Gasteiger partial charge in [0.2, 0.25) is 0 Å². The Morgan fingerprint density at radius 3 is 2.31 bits per heavy atom. The number of fused-ring (bicyclic) bond motifs is 1. The molecule has 0 radical (unpaired) electrons. The summed E-state index contributed by atoms with van der Waals surface area (Å²) in [4.78, 5) is 22.3. The van der Waals surface area contributed by atoms with Crippen LogP contribution >= 0.6 is 0 Å². The monoisotopic (exact) mass is 479 g/mol. The van der Waals surface area contributed by atoms with E-state index in [-0.39, 0.29) is 5.91 Å². The molecule has 2 aromatic heterocycles. The number of pyridine rings is 1. The van der Waals surface area contributed by atoms with Gasteiger partial charge >= 0.3 is 6.18 Å². The zero-order valence-electron chi connectivity index (χ0n) is 19.2. The van der Waals surface area contributed by atoms with Crippen molar-refractivity contribution in [1.82, 2.24) is 24.6 Å². The van der Waals surface area contributed by atoms with Crippen molar-refractivity contribution in [2.75, 3.05) is 26.2 Å². The molecule has 2 aromatic carbocycles. The summed E-state index contributed by atoms with van der Waals surface area (Å²) in [5.74, 6) is -0.127. The van der Waals surface area contributed by atoms with Gasteiger partial charge in [-0.15, -0.1) is 0 Å². The third-order valence-corrected chi connectivity index (χ3v) is 6.35. The Bertz CT molecular complexity index is 1340. The van der Waals surface area contributed by atoms with E-state index in [0.717, 1.165) is 31.8 Å². The van der Waals surface area contributed by atoms with Crippen LogP contribution in [0.5, 0.6) is 0 Å². The van der Waals surface area contributed by atoms with Gasteiger partial charge in [0, 0.05) is 45.3 Å². The number of rotatable bonds is 4. The van der Waals surface area contributed by atoms with Gasteiger partial charge in [0.1, 0.15) is 0 Å². The zero-order valence-corrected chi connectivity index (χ0v) is 19.2. The van der Waals surface area contributed by atoms with Gasteiger partial charge in [0.05, 0.1) is 28.4 Å². The molecular formula is C26H24F3N5O. The van der Waals surface area contributed by atoms with Crippen LogP contribution in [-0.2, 0) is 19.8 Å². The first-order valence-corrected chi connectivity index (χ1v) is 11.4. The third kappa shape index (κ3) is 4.77. The number of nitrogens with zero attached hydrogens (tertiary/aromatic N) is 5. The summed E-state index contributed by atoms with van der Waals surface area (Å²) in [5, 5.41) is 4.88. The fourth-order valence-electron chi connectivity index (χ4n) is 4.39. The molecule has 1 aliphatic rings. The fraction of sp³-hybridized carbons (Fsp3) is 0.269. The first-order valence-electron chi connectivity index (χ1n) is 11.4. The second-order valence-electron chi connectivity index (χ2n) is 8.69. The van der Waals surface area contributed by atoms with E-state index in [0.29, 0.717) is 40.9 Å². The molecule has 0 unspecified atom stereocenters. The lowest BCUT2D eigenvalue weighted by atomic mass is 10.0. The maximum Gasteiger partial charge on any atom is 0.416 e. The number of aryl methyl sites for hydroxylation is 1. The second-order valence-corrected chi connectivity index (χ2v) is 8.69. The number of piperazine rings is 1. The molecule has 0 N–H and O–H groups in total. The highest BCUT2D eigenvalue weighted by atomic mass is 19.4. The second kappa shape index (κ2) is 9.14. The average Bonchev–Trinajstić information content (AvgIpc) is 3.24. The molecule has 1 saturated heterocycles. The summed E-state index contributed by atoms with van der Waals surface area (Å²) < 4.78 is 40.5. The minimum atomic E-state index is -4.41. The number of carbonyl (C=O) groups is 1. The number of halogens is 3. The highest BCUT2D eigenvalue weighted by Gasteiger charge is 2.30. The molecule has 3 heterocycles. The number of aromatic nitrogens is 3. The number of hydrogen-bond donors (Lipinski definition) is 0. The van der Waals surface area contributed by atoms with Crippen molar-refractivity contribution in [2.24, 2.45) is 7.05 Å². The maximum atomic E-state index is 13.6. The van der Waals surface area contributed by atoms with Crippen molar-refractivity contribution in [1.29, 1.82) is 0 Å². The molecule has 5 rings (SSSR count). The van der Waals surface area contributed by atoms with Crippen molar-refractivity contribution >= 4 is 16.9 Å². The van der Waals surface area contributed by atoms with E-state index >= 15 is 0 Å². The molecule has 35 heavy (non-hydrogen) atoms. The number of amides is 1. The standard InChI is InChI=1S/C26H24F3N5O/c1-32-24-22(16-30-32)21(15-23(31-24)19-7-9-20(10-8-19)26(27,28)29)25(35)34-13-11-33(12-14-34)17-18-5-3-2-4-6-18/h2-10,15-16H,11-14,17H2,1H3. The van der Waals surface area contributed by atoms with E-state index in [2.05, 4.69) is 27.1 Å². The van der Waals surface area contributed by atoms with Crippen molar-refractivity contribution in [3.8, 4) is 11.3 Å². The smallest absolute Gasteiger partial charge is 0.336 e. The Hall–Kier alpha value is -3.72. The Morgan fingerprint density at radius 2 is 1.66 bits per heavy atom. The van der Waals surface area contributed by atoms with E-state index in [9.17, 15) is 18.0 Å². The van der Waals surface area contributed by atoms with Crippen LogP contribution < -0.4 is 0 Å². The molecule has 1 fully saturated rings. The molecule has 180 valence electrons. The van der Waals surface area contributed by atoms with Crippen molar-refractivity contribution < 1.29 is 18.0 Å². The van der Waals surface area contributed by atoms with Gasteiger partial charge in [-0.3, -0.25) is 14.4 Å². The summed E-state index contributed by atoms with van der Waals surface area (Å²) in [7, 11) is 1.72. The molecule has 1 aliphatic heterocycles. The van der Waals surface area contributed by atoms with Gasteiger partial charge in [0.25, 0.3) is 5.91 Å². The Kier molecular flexibility index (Phi) is 6.02.